The van der Waals surface area contributed by atoms with E-state index in [1.54, 1.807) is 0 Å². The summed E-state index contributed by atoms with van der Waals surface area (Å²) in [5, 5.41) is 0. The van der Waals surface area contributed by atoms with Crippen molar-refractivity contribution in [2.75, 3.05) is 0 Å². The molecule has 26 heavy (non-hydrogen) atoms. The van der Waals surface area contributed by atoms with Crippen LogP contribution in [0.5, 0.6) is 0 Å². The van der Waals surface area contributed by atoms with Crippen molar-refractivity contribution >= 4 is 5.57 Å². The molecule has 2 aromatic carbocycles. The van der Waals surface area contributed by atoms with Crippen LogP contribution in [0.25, 0.3) is 5.57 Å². The Hall–Kier alpha value is -2.36. The van der Waals surface area contributed by atoms with Gasteiger partial charge in [0.2, 0.25) is 0 Å². The summed E-state index contributed by atoms with van der Waals surface area (Å²) >= 11 is 0. The molecule has 0 spiro atoms. The lowest BCUT2D eigenvalue weighted by atomic mass is 9.80. The van der Waals surface area contributed by atoms with Crippen LogP contribution in [0.2, 0.25) is 0 Å². The molecular formula is C23H22O3. The third-order valence-corrected chi connectivity index (χ3v) is 5.29. The Morgan fingerprint density at radius 3 is 1.96 bits per heavy atom. The maximum absolute atomic E-state index is 6.45. The lowest BCUT2D eigenvalue weighted by Crippen LogP contribution is -2.49. The van der Waals surface area contributed by atoms with E-state index >= 15 is 0 Å². The molecule has 0 saturated carbocycles. The molecule has 3 aliphatic heterocycles. The maximum Gasteiger partial charge on any atom is 0.164 e. The van der Waals surface area contributed by atoms with E-state index in [-0.39, 0.29) is 24.2 Å². The van der Waals surface area contributed by atoms with Crippen molar-refractivity contribution in [3.8, 4) is 0 Å². The van der Waals surface area contributed by atoms with Crippen molar-refractivity contribution in [3.63, 3.8) is 0 Å². The predicted octanol–water partition coefficient (Wildman–Crippen LogP) is 4.55. The second kappa shape index (κ2) is 5.83. The molecule has 0 unspecified atom stereocenters. The molecule has 0 aromatic heterocycles. The van der Waals surface area contributed by atoms with Crippen molar-refractivity contribution in [3.05, 3.63) is 89.7 Å². The lowest BCUT2D eigenvalue weighted by molar-refractivity contribution is -0.149. The van der Waals surface area contributed by atoms with E-state index in [2.05, 4.69) is 60.7 Å². The maximum atomic E-state index is 6.45. The second-order valence-electron chi connectivity index (χ2n) is 7.53. The fourth-order valence-electron chi connectivity index (χ4n) is 4.25. The zero-order valence-electron chi connectivity index (χ0n) is 15.0. The number of ether oxygens (including phenoxy) is 3. The zero-order valence-corrected chi connectivity index (χ0v) is 15.0. The fraction of sp³-hybridized carbons (Fsp3) is 0.304. The van der Waals surface area contributed by atoms with Crippen molar-refractivity contribution in [2.45, 2.75) is 37.9 Å². The first-order valence-corrected chi connectivity index (χ1v) is 9.18. The summed E-state index contributed by atoms with van der Waals surface area (Å²) in [5.74, 6) is 0.468. The van der Waals surface area contributed by atoms with E-state index in [1.165, 1.54) is 0 Å². The lowest BCUT2D eigenvalue weighted by Gasteiger charge is -2.42. The summed E-state index contributed by atoms with van der Waals surface area (Å²) in [6, 6.07) is 20.9. The molecule has 3 heterocycles. The van der Waals surface area contributed by atoms with Gasteiger partial charge in [0, 0.05) is 5.57 Å². The highest BCUT2D eigenvalue weighted by atomic mass is 16.8. The van der Waals surface area contributed by atoms with Crippen LogP contribution in [-0.2, 0) is 14.2 Å². The summed E-state index contributed by atoms with van der Waals surface area (Å²) in [4.78, 5) is 0. The molecule has 3 heteroatoms. The van der Waals surface area contributed by atoms with Crippen LogP contribution in [0.3, 0.4) is 0 Å². The smallest absolute Gasteiger partial charge is 0.164 e. The van der Waals surface area contributed by atoms with Gasteiger partial charge in [0.25, 0.3) is 0 Å². The van der Waals surface area contributed by atoms with Crippen molar-refractivity contribution < 1.29 is 14.2 Å². The summed E-state index contributed by atoms with van der Waals surface area (Å²) in [5.41, 5.74) is 3.45. The van der Waals surface area contributed by atoms with E-state index in [0.29, 0.717) is 0 Å². The molecular weight excluding hydrogens is 324 g/mol. The molecule has 0 N–H and O–H groups in total. The van der Waals surface area contributed by atoms with E-state index in [9.17, 15) is 0 Å². The predicted molar refractivity (Wildman–Crippen MR) is 100 cm³/mol. The molecule has 4 atom stereocenters. The summed E-state index contributed by atoms with van der Waals surface area (Å²) in [6.07, 6.45) is 4.18. The number of hydrogen-bond donors (Lipinski definition) is 0. The van der Waals surface area contributed by atoms with Crippen molar-refractivity contribution in [2.24, 2.45) is 5.92 Å². The third kappa shape index (κ3) is 2.51. The summed E-state index contributed by atoms with van der Waals surface area (Å²) < 4.78 is 18.8. The van der Waals surface area contributed by atoms with Gasteiger partial charge in [0.1, 0.15) is 24.1 Å². The van der Waals surface area contributed by atoms with E-state index < -0.39 is 5.79 Å². The van der Waals surface area contributed by atoms with Gasteiger partial charge in [-0.3, -0.25) is 0 Å². The quantitative estimate of drug-likeness (QED) is 0.747. The van der Waals surface area contributed by atoms with Crippen LogP contribution in [0, 0.1) is 5.92 Å². The first kappa shape index (κ1) is 15.9. The molecule has 3 nitrogen and oxygen atoms in total. The van der Waals surface area contributed by atoms with Crippen molar-refractivity contribution in [1.82, 2.24) is 0 Å². The molecule has 6 rings (SSSR count). The van der Waals surface area contributed by atoms with Gasteiger partial charge in [0.15, 0.2) is 5.79 Å². The van der Waals surface area contributed by atoms with Gasteiger partial charge in [-0.15, -0.1) is 0 Å². The van der Waals surface area contributed by atoms with Gasteiger partial charge in [-0.25, -0.2) is 0 Å². The molecule has 1 aliphatic carbocycles. The van der Waals surface area contributed by atoms with Gasteiger partial charge < -0.3 is 14.2 Å². The number of hydrogen-bond acceptors (Lipinski definition) is 3. The van der Waals surface area contributed by atoms with E-state index in [1.807, 2.05) is 26.0 Å². The SMILES string of the molecule is CC1(C)O[C@@H]2[C@H](O1)[C@@H]1C=C[C@H]2OC1=C(c1ccccc1)c1ccccc1. The Morgan fingerprint density at radius 2 is 1.35 bits per heavy atom. The Labute approximate surface area is 153 Å². The van der Waals surface area contributed by atoms with Gasteiger partial charge >= 0.3 is 0 Å². The van der Waals surface area contributed by atoms with Gasteiger partial charge in [-0.1, -0.05) is 66.7 Å². The molecule has 0 radical (unpaired) electrons. The average molecular weight is 346 g/mol. The standard InChI is InChI=1S/C23H22O3/c1-23(2)25-21-17-13-14-18(22(21)26-23)24-20(17)19(15-9-5-3-6-10-15)16-11-7-4-8-12-16/h3-14,17-18,21-22H,1-2H3/t17-,18-,21-,22+/m1/s1. The van der Waals surface area contributed by atoms with Crippen LogP contribution in [0.4, 0.5) is 0 Å². The minimum absolute atomic E-state index is 0.00817. The number of benzene rings is 2. The molecule has 0 amide bonds. The third-order valence-electron chi connectivity index (χ3n) is 5.29. The zero-order chi connectivity index (χ0) is 17.7. The molecule has 2 fully saturated rings. The molecule has 4 aliphatic rings. The Morgan fingerprint density at radius 1 is 0.769 bits per heavy atom. The first-order chi connectivity index (χ1) is 12.6. The minimum atomic E-state index is -0.573. The van der Waals surface area contributed by atoms with Gasteiger partial charge in [-0.05, 0) is 31.1 Å². The highest BCUT2D eigenvalue weighted by Crippen LogP contribution is 2.48. The Kier molecular flexibility index (Phi) is 3.56. The van der Waals surface area contributed by atoms with Crippen LogP contribution in [-0.4, -0.2) is 24.1 Å². The Bertz CT molecular complexity index is 825. The first-order valence-electron chi connectivity index (χ1n) is 9.18. The van der Waals surface area contributed by atoms with Crippen LogP contribution >= 0.6 is 0 Å². The Balaban J connectivity index is 1.67. The summed E-state index contributed by atoms with van der Waals surface area (Å²) in [7, 11) is 0. The van der Waals surface area contributed by atoms with Crippen LogP contribution in [0.1, 0.15) is 25.0 Å². The molecule has 2 aromatic rings. The van der Waals surface area contributed by atoms with Crippen LogP contribution in [0.15, 0.2) is 78.6 Å². The normalized spacial score (nSPS) is 30.8. The second-order valence-corrected chi connectivity index (χ2v) is 7.53. The number of rotatable bonds is 2. The van der Waals surface area contributed by atoms with E-state index in [4.69, 9.17) is 14.2 Å². The summed E-state index contributed by atoms with van der Waals surface area (Å²) in [6.45, 7) is 3.95. The largest absolute Gasteiger partial charge is 0.486 e. The number of fused-ring (bicyclic) bond motifs is 1. The van der Waals surface area contributed by atoms with Crippen molar-refractivity contribution in [1.29, 1.82) is 0 Å². The minimum Gasteiger partial charge on any atom is -0.486 e. The molecule has 132 valence electrons. The fourth-order valence-corrected chi connectivity index (χ4v) is 4.25. The van der Waals surface area contributed by atoms with Gasteiger partial charge in [0.05, 0.1) is 5.92 Å². The highest BCUT2D eigenvalue weighted by molar-refractivity contribution is 5.82. The average Bonchev–Trinajstić information content (AvgIpc) is 3.01. The van der Waals surface area contributed by atoms with E-state index in [0.717, 1.165) is 22.5 Å². The molecule has 2 saturated heterocycles. The topological polar surface area (TPSA) is 27.7 Å². The monoisotopic (exact) mass is 346 g/mol. The highest BCUT2D eigenvalue weighted by Gasteiger charge is 2.55. The van der Waals surface area contributed by atoms with Crippen LogP contribution < -0.4 is 0 Å². The molecule has 2 bridgehead atoms. The van der Waals surface area contributed by atoms with Gasteiger partial charge in [-0.2, -0.15) is 0 Å².